The highest BCUT2D eigenvalue weighted by Crippen LogP contribution is 2.25. The highest BCUT2D eigenvalue weighted by atomic mass is 35.5. The Morgan fingerprint density at radius 1 is 1.18 bits per heavy atom. The SMILES string of the molecule is CCC(=O)NC(C(=O)NCC(N1CCNCC1)C(F)(F)F)c1ccccc1.Cl. The summed E-state index contributed by atoms with van der Waals surface area (Å²) in [6.07, 6.45) is -4.29. The van der Waals surface area contributed by atoms with Crippen LogP contribution in [0, 0.1) is 0 Å². The first kappa shape index (κ1) is 24.2. The molecule has 1 aromatic carbocycles. The van der Waals surface area contributed by atoms with Gasteiger partial charge in [-0.3, -0.25) is 14.5 Å². The average Bonchev–Trinajstić information content (AvgIpc) is 2.66. The van der Waals surface area contributed by atoms with E-state index in [1.165, 1.54) is 4.90 Å². The van der Waals surface area contributed by atoms with Crippen LogP contribution < -0.4 is 16.0 Å². The van der Waals surface area contributed by atoms with E-state index >= 15 is 0 Å². The van der Waals surface area contributed by atoms with Gasteiger partial charge < -0.3 is 16.0 Å². The Morgan fingerprint density at radius 2 is 1.79 bits per heavy atom. The summed E-state index contributed by atoms with van der Waals surface area (Å²) in [5.74, 6) is -1.01. The lowest BCUT2D eigenvalue weighted by atomic mass is 10.1. The minimum Gasteiger partial charge on any atom is -0.352 e. The van der Waals surface area contributed by atoms with Crippen LogP contribution in [0.25, 0.3) is 0 Å². The number of benzene rings is 1. The van der Waals surface area contributed by atoms with Gasteiger partial charge in [0.15, 0.2) is 0 Å². The number of hydrogen-bond donors (Lipinski definition) is 3. The van der Waals surface area contributed by atoms with E-state index in [4.69, 9.17) is 0 Å². The number of amides is 2. The molecule has 1 aromatic rings. The molecule has 28 heavy (non-hydrogen) atoms. The normalized spacial score (nSPS) is 17.1. The van der Waals surface area contributed by atoms with E-state index < -0.39 is 30.7 Å². The van der Waals surface area contributed by atoms with Crippen molar-refractivity contribution in [2.24, 2.45) is 0 Å². The van der Waals surface area contributed by atoms with Crippen LogP contribution in [0.2, 0.25) is 0 Å². The first-order chi connectivity index (χ1) is 12.8. The number of hydrogen-bond acceptors (Lipinski definition) is 4. The van der Waals surface area contributed by atoms with Crippen LogP contribution in [0.5, 0.6) is 0 Å². The van der Waals surface area contributed by atoms with Crippen LogP contribution in [-0.4, -0.2) is 61.7 Å². The minimum atomic E-state index is -4.46. The lowest BCUT2D eigenvalue weighted by molar-refractivity contribution is -0.184. The zero-order valence-electron chi connectivity index (χ0n) is 15.6. The highest BCUT2D eigenvalue weighted by Gasteiger charge is 2.44. The number of nitrogens with one attached hydrogen (secondary N) is 3. The molecule has 2 atom stereocenters. The molecule has 0 spiro atoms. The number of nitrogens with zero attached hydrogens (tertiary/aromatic N) is 1. The maximum absolute atomic E-state index is 13.5. The second kappa shape index (κ2) is 11.2. The van der Waals surface area contributed by atoms with Crippen molar-refractivity contribution in [1.82, 2.24) is 20.9 Å². The fraction of sp³-hybridized carbons (Fsp3) is 0.556. The molecule has 0 aliphatic carbocycles. The van der Waals surface area contributed by atoms with E-state index in [-0.39, 0.29) is 37.8 Å². The van der Waals surface area contributed by atoms with Gasteiger partial charge in [-0.15, -0.1) is 12.4 Å². The Kier molecular flexibility index (Phi) is 9.71. The second-order valence-electron chi connectivity index (χ2n) is 6.35. The Labute approximate surface area is 168 Å². The van der Waals surface area contributed by atoms with Gasteiger partial charge in [0.2, 0.25) is 11.8 Å². The lowest BCUT2D eigenvalue weighted by Crippen LogP contribution is -2.58. The van der Waals surface area contributed by atoms with Gasteiger partial charge in [0.25, 0.3) is 0 Å². The van der Waals surface area contributed by atoms with Gasteiger partial charge in [0, 0.05) is 39.1 Å². The maximum atomic E-state index is 13.5. The quantitative estimate of drug-likeness (QED) is 0.624. The van der Waals surface area contributed by atoms with Crippen LogP contribution >= 0.6 is 12.4 Å². The number of carbonyl (C=O) groups excluding carboxylic acids is 2. The Hall–Kier alpha value is -1.84. The van der Waals surface area contributed by atoms with E-state index in [0.29, 0.717) is 18.7 Å². The molecule has 6 nitrogen and oxygen atoms in total. The molecule has 158 valence electrons. The summed E-state index contributed by atoms with van der Waals surface area (Å²) in [4.78, 5) is 25.7. The molecular formula is C18H26ClF3N4O2. The summed E-state index contributed by atoms with van der Waals surface area (Å²) in [5.41, 5.74) is 0.516. The third-order valence-corrected chi connectivity index (χ3v) is 4.46. The van der Waals surface area contributed by atoms with Gasteiger partial charge in [-0.25, -0.2) is 0 Å². The standard InChI is InChI=1S/C18H25F3N4O2.ClH/c1-2-15(26)24-16(13-6-4-3-5-7-13)17(27)23-12-14(18(19,20)21)25-10-8-22-9-11-25;/h3-7,14,16,22H,2,8-12H2,1H3,(H,23,27)(H,24,26);1H. The number of halogens is 4. The molecular weight excluding hydrogens is 397 g/mol. The van der Waals surface area contributed by atoms with Crippen molar-refractivity contribution in [2.75, 3.05) is 32.7 Å². The topological polar surface area (TPSA) is 73.5 Å². The number of rotatable bonds is 7. The third kappa shape index (κ3) is 6.96. The Morgan fingerprint density at radius 3 is 2.32 bits per heavy atom. The van der Waals surface area contributed by atoms with E-state index in [0.717, 1.165) is 0 Å². The van der Waals surface area contributed by atoms with E-state index in [1.807, 2.05) is 0 Å². The smallest absolute Gasteiger partial charge is 0.352 e. The molecule has 0 aromatic heterocycles. The van der Waals surface area contributed by atoms with Gasteiger partial charge in [-0.05, 0) is 5.56 Å². The molecule has 1 heterocycles. The van der Waals surface area contributed by atoms with Crippen LogP contribution in [0.15, 0.2) is 30.3 Å². The fourth-order valence-electron chi connectivity index (χ4n) is 2.95. The third-order valence-electron chi connectivity index (χ3n) is 4.46. The van der Waals surface area contributed by atoms with Crippen LogP contribution in [0.4, 0.5) is 13.2 Å². The Bertz CT molecular complexity index is 625. The predicted octanol–water partition coefficient (Wildman–Crippen LogP) is 1.63. The largest absolute Gasteiger partial charge is 0.405 e. The first-order valence-corrected chi connectivity index (χ1v) is 8.96. The first-order valence-electron chi connectivity index (χ1n) is 8.96. The molecule has 10 heteroatoms. The molecule has 1 fully saturated rings. The van der Waals surface area contributed by atoms with Crippen molar-refractivity contribution in [3.8, 4) is 0 Å². The fourth-order valence-corrected chi connectivity index (χ4v) is 2.95. The monoisotopic (exact) mass is 422 g/mol. The zero-order valence-corrected chi connectivity index (χ0v) is 16.4. The van der Waals surface area contributed by atoms with E-state index in [1.54, 1.807) is 37.3 Å². The number of piperazine rings is 1. The summed E-state index contributed by atoms with van der Waals surface area (Å²) in [6, 6.07) is 5.66. The van der Waals surface area contributed by atoms with Crippen molar-refractivity contribution in [1.29, 1.82) is 0 Å². The molecule has 1 aliphatic heterocycles. The summed E-state index contributed by atoms with van der Waals surface area (Å²) in [6.45, 7) is 2.54. The molecule has 0 saturated carbocycles. The summed E-state index contributed by atoms with van der Waals surface area (Å²) in [5, 5.41) is 7.96. The molecule has 1 saturated heterocycles. The molecule has 0 radical (unpaired) electrons. The maximum Gasteiger partial charge on any atom is 0.405 e. The van der Waals surface area contributed by atoms with E-state index in [2.05, 4.69) is 16.0 Å². The van der Waals surface area contributed by atoms with Crippen molar-refractivity contribution < 1.29 is 22.8 Å². The molecule has 2 amide bonds. The van der Waals surface area contributed by atoms with Crippen molar-refractivity contribution in [3.05, 3.63) is 35.9 Å². The van der Waals surface area contributed by atoms with Gasteiger partial charge in [-0.1, -0.05) is 37.3 Å². The van der Waals surface area contributed by atoms with Gasteiger partial charge in [0.05, 0.1) is 0 Å². The van der Waals surface area contributed by atoms with Gasteiger partial charge >= 0.3 is 6.18 Å². The second-order valence-corrected chi connectivity index (χ2v) is 6.35. The summed E-state index contributed by atoms with van der Waals surface area (Å²) in [7, 11) is 0. The molecule has 2 rings (SSSR count). The lowest BCUT2D eigenvalue weighted by Gasteiger charge is -2.36. The summed E-state index contributed by atoms with van der Waals surface area (Å²) < 4.78 is 40.4. The van der Waals surface area contributed by atoms with Crippen LogP contribution in [0.1, 0.15) is 24.9 Å². The zero-order chi connectivity index (χ0) is 19.9. The molecule has 2 unspecified atom stereocenters. The van der Waals surface area contributed by atoms with Crippen molar-refractivity contribution in [3.63, 3.8) is 0 Å². The average molecular weight is 423 g/mol. The molecule has 3 N–H and O–H groups in total. The number of carbonyl (C=O) groups is 2. The van der Waals surface area contributed by atoms with Crippen molar-refractivity contribution >= 4 is 24.2 Å². The minimum absolute atomic E-state index is 0. The number of alkyl halides is 3. The van der Waals surface area contributed by atoms with E-state index in [9.17, 15) is 22.8 Å². The van der Waals surface area contributed by atoms with Crippen LogP contribution in [0.3, 0.4) is 0 Å². The van der Waals surface area contributed by atoms with Crippen LogP contribution in [-0.2, 0) is 9.59 Å². The van der Waals surface area contributed by atoms with Gasteiger partial charge in [0.1, 0.15) is 12.1 Å². The molecule has 0 bridgehead atoms. The van der Waals surface area contributed by atoms with Gasteiger partial charge in [-0.2, -0.15) is 13.2 Å². The highest BCUT2D eigenvalue weighted by molar-refractivity contribution is 5.88. The molecule has 1 aliphatic rings. The predicted molar refractivity (Wildman–Crippen MR) is 102 cm³/mol. The summed E-state index contributed by atoms with van der Waals surface area (Å²) >= 11 is 0. The Balaban J connectivity index is 0.00000392. The van der Waals surface area contributed by atoms with Crippen molar-refractivity contribution in [2.45, 2.75) is 31.6 Å².